The van der Waals surface area contributed by atoms with Crippen LogP contribution in [0.25, 0.3) is 99.8 Å². The van der Waals surface area contributed by atoms with Crippen molar-refractivity contribution in [1.29, 1.82) is 0 Å². The zero-order valence-electron chi connectivity index (χ0n) is 58.4. The predicted octanol–water partition coefficient (Wildman–Crippen LogP) is 18.9. The molecule has 0 radical (unpaired) electrons. The minimum Gasteiger partial charge on any atom is -0.458 e. The second-order valence-corrected chi connectivity index (χ2v) is 22.3. The monoisotopic (exact) mass is 1040 g/mol. The summed E-state index contributed by atoms with van der Waals surface area (Å²) in [6, 6.07) is 36.8. The number of fused-ring (bicyclic) bond motifs is 7. The summed E-state index contributed by atoms with van der Waals surface area (Å²) in [6.45, 7) is 17.3. The van der Waals surface area contributed by atoms with Gasteiger partial charge in [-0.25, -0.2) is 4.98 Å². The molecule has 4 aromatic heterocycles. The Bertz CT molecular complexity index is 5120. The first kappa shape index (κ1) is 36.9. The van der Waals surface area contributed by atoms with Gasteiger partial charge in [-0.05, 0) is 117 Å². The van der Waals surface area contributed by atoms with E-state index in [4.69, 9.17) is 19.3 Å². The van der Waals surface area contributed by atoms with E-state index in [0.29, 0.717) is 56.1 Å². The molecule has 0 aliphatic heterocycles. The molecule has 13 aromatic rings. The Morgan fingerprint density at radius 1 is 0.544 bits per heavy atom. The number of hydrogen-bond acceptors (Lipinski definition) is 2. The van der Waals surface area contributed by atoms with Crippen LogP contribution in [0, 0.1) is 6.33 Å². The van der Waals surface area contributed by atoms with Gasteiger partial charge in [0.25, 0.3) is 6.33 Å². The molecule has 6 nitrogen and oxygen atoms in total. The number of para-hydroxylation sites is 6. The molecule has 79 heavy (non-hydrogen) atoms. The zero-order valence-corrected chi connectivity index (χ0v) is 45.4. The first-order valence-electron chi connectivity index (χ1n) is 33.4. The molecule has 0 aliphatic carbocycles. The molecule has 0 fully saturated rings. The van der Waals surface area contributed by atoms with E-state index in [1.807, 2.05) is 105 Å². The maximum absolute atomic E-state index is 9.56. The van der Waals surface area contributed by atoms with E-state index in [1.165, 1.54) is 4.57 Å². The van der Waals surface area contributed by atoms with Crippen molar-refractivity contribution in [2.24, 2.45) is 0 Å². The largest absolute Gasteiger partial charge is 0.458 e. The van der Waals surface area contributed by atoms with Gasteiger partial charge in [0.1, 0.15) is 17.3 Å². The van der Waals surface area contributed by atoms with E-state index in [2.05, 4.69) is 86.0 Å². The van der Waals surface area contributed by atoms with Gasteiger partial charge in [-0.1, -0.05) is 207 Å². The highest BCUT2D eigenvalue weighted by Crippen LogP contribution is 2.44. The zero-order chi connectivity index (χ0) is 65.5. The third kappa shape index (κ3) is 8.67. The fraction of sp³-hybridized carbons (Fsp3) is 0.178. The number of aromatic nitrogens is 5. The van der Waals surface area contributed by atoms with Crippen LogP contribution in [0.15, 0.2) is 218 Å². The lowest BCUT2D eigenvalue weighted by atomic mass is 9.78. The molecule has 388 valence electrons. The van der Waals surface area contributed by atoms with Gasteiger partial charge in [0.05, 0.1) is 68.0 Å². The number of hydrogen-bond donors (Lipinski definition) is 0. The molecule has 0 spiro atoms. The van der Waals surface area contributed by atoms with Crippen LogP contribution in [0.5, 0.6) is 11.5 Å². The van der Waals surface area contributed by atoms with Crippen LogP contribution in [-0.4, -0.2) is 18.7 Å². The van der Waals surface area contributed by atoms with Crippen LogP contribution in [-0.2, 0) is 10.8 Å². The molecular weight excluding hydrogens is 963 g/mol. The van der Waals surface area contributed by atoms with Crippen molar-refractivity contribution in [1.82, 2.24) is 18.7 Å². The van der Waals surface area contributed by atoms with Crippen LogP contribution in [0.4, 0.5) is 0 Å². The molecule has 0 unspecified atom stereocenters. The maximum atomic E-state index is 9.56. The van der Waals surface area contributed by atoms with E-state index in [-0.39, 0.29) is 62.0 Å². The summed E-state index contributed by atoms with van der Waals surface area (Å²) < 4.78 is 133. The van der Waals surface area contributed by atoms with Crippen molar-refractivity contribution in [2.45, 2.75) is 85.0 Å². The van der Waals surface area contributed by atoms with Crippen LogP contribution >= 0.6 is 0 Å². The molecule has 0 aliphatic rings. The molecule has 4 heterocycles. The minimum absolute atomic E-state index is 0.0376. The standard InChI is InChI=1S/C73H65N5O/c1-9-48(10-2)50-38-39-74-69(42-50)78-64-35-19-16-30-61(64)70-67(77-62-33-17-14-28-59(62)60-29-15-18-34-63(60)77)45-56(46-68(70)78)79-55-27-22-26-54(44-55)75-47-76(66-37-21-20-36-65(66)75)71-57(49-24-12-11-13-25-49)31-23-32-58(71)51-40-52(72(3,4)5)43-53(41-51)73(6,7)8/h11-46,48H,9-10H2,1-8H3/i11D,12D,13D,14D,15D,17D,18D,24D,25D,28D,29D,33D,34D. The van der Waals surface area contributed by atoms with E-state index in [1.54, 1.807) is 24.4 Å². The van der Waals surface area contributed by atoms with Gasteiger partial charge in [0.15, 0.2) is 0 Å². The number of benzene rings is 9. The van der Waals surface area contributed by atoms with E-state index in [0.717, 1.165) is 51.6 Å². The highest BCUT2D eigenvalue weighted by molar-refractivity contribution is 6.16. The summed E-state index contributed by atoms with van der Waals surface area (Å²) in [7, 11) is 0. The molecular formula is C73H65N5O. The van der Waals surface area contributed by atoms with Gasteiger partial charge in [-0.2, -0.15) is 0 Å². The van der Waals surface area contributed by atoms with Crippen LogP contribution in [0.1, 0.15) is 109 Å². The number of imidazole rings is 1. The minimum atomic E-state index is -0.548. The van der Waals surface area contributed by atoms with E-state index in [9.17, 15) is 8.22 Å². The van der Waals surface area contributed by atoms with Crippen LogP contribution < -0.4 is 9.30 Å². The second kappa shape index (κ2) is 19.5. The van der Waals surface area contributed by atoms with Crippen molar-refractivity contribution in [3.63, 3.8) is 0 Å². The van der Waals surface area contributed by atoms with Gasteiger partial charge >= 0.3 is 0 Å². The lowest BCUT2D eigenvalue weighted by Gasteiger charge is -2.27. The summed E-state index contributed by atoms with van der Waals surface area (Å²) in [5.41, 5.74) is 8.92. The Morgan fingerprint density at radius 3 is 1.87 bits per heavy atom. The number of ether oxygens (including phenoxy) is 1. The first-order valence-corrected chi connectivity index (χ1v) is 26.9. The number of pyridine rings is 1. The fourth-order valence-electron chi connectivity index (χ4n) is 11.3. The highest BCUT2D eigenvalue weighted by Gasteiger charge is 2.26. The molecule has 0 saturated heterocycles. The summed E-state index contributed by atoms with van der Waals surface area (Å²) >= 11 is 0. The SMILES string of the molecule is [2H]c1c([2H])c([2H])c(-c2cccc(-c3cc(C(C)(C)C)cc(C(C)(C)C)c3)c2-[n+]2[c-]n(-c3cccc(Oc4cc(-n5c6c([2H])c([2H])c([2H])c([2H])c6c6c([2H])c([2H])c([2H])c([2H])c65)c5c6ccccc6n(-c6cc(C(CC)CC)ccn6)c5c4)c3)c3ccccc32)c([2H])c1[2H]. The maximum Gasteiger partial charge on any atom is 0.269 e. The fourth-order valence-corrected chi connectivity index (χ4v) is 11.3. The first-order chi connectivity index (χ1) is 43.7. The number of nitrogens with zero attached hydrogens (tertiary/aromatic N) is 5. The van der Waals surface area contributed by atoms with Crippen molar-refractivity contribution < 1.29 is 27.1 Å². The third-order valence-corrected chi connectivity index (χ3v) is 15.3. The summed E-state index contributed by atoms with van der Waals surface area (Å²) in [4.78, 5) is 4.98. The molecule has 0 amide bonds. The Balaban J connectivity index is 1.07. The van der Waals surface area contributed by atoms with Crippen molar-refractivity contribution in [2.75, 3.05) is 0 Å². The number of rotatable bonds is 11. The molecule has 0 saturated carbocycles. The second-order valence-electron chi connectivity index (χ2n) is 22.3. The average molecular weight is 1040 g/mol. The van der Waals surface area contributed by atoms with Gasteiger partial charge < -0.3 is 9.30 Å². The molecule has 13 rings (SSSR count). The van der Waals surface area contributed by atoms with Crippen LogP contribution in [0.3, 0.4) is 0 Å². The predicted molar refractivity (Wildman–Crippen MR) is 328 cm³/mol. The van der Waals surface area contributed by atoms with Crippen molar-refractivity contribution in [3.05, 3.63) is 241 Å². The average Bonchev–Trinajstić information content (AvgIpc) is 1.53. The Morgan fingerprint density at radius 2 is 1.18 bits per heavy atom. The Labute approximate surface area is 481 Å². The lowest BCUT2D eigenvalue weighted by Crippen LogP contribution is -2.31. The molecule has 0 atom stereocenters. The van der Waals surface area contributed by atoms with Gasteiger partial charge in [-0.3, -0.25) is 13.7 Å². The molecule has 9 aromatic carbocycles. The molecule has 0 bridgehead atoms. The summed E-state index contributed by atoms with van der Waals surface area (Å²) in [5.74, 6) is 1.48. The van der Waals surface area contributed by atoms with Gasteiger partial charge in [-0.15, -0.1) is 0 Å². The Hall–Kier alpha value is -9.00. The summed E-state index contributed by atoms with van der Waals surface area (Å²) in [6.07, 6.45) is 7.27. The highest BCUT2D eigenvalue weighted by atomic mass is 16.5. The molecule has 0 N–H and O–H groups in total. The van der Waals surface area contributed by atoms with Crippen molar-refractivity contribution >= 4 is 54.6 Å². The van der Waals surface area contributed by atoms with Crippen molar-refractivity contribution in [3.8, 4) is 56.6 Å². The van der Waals surface area contributed by atoms with E-state index < -0.39 is 66.5 Å². The smallest absolute Gasteiger partial charge is 0.269 e. The third-order valence-electron chi connectivity index (χ3n) is 15.3. The topological polar surface area (TPSA) is 40.8 Å². The van der Waals surface area contributed by atoms with Gasteiger partial charge in [0, 0.05) is 39.9 Å². The lowest BCUT2D eigenvalue weighted by molar-refractivity contribution is -0.571. The summed E-state index contributed by atoms with van der Waals surface area (Å²) in [5, 5.41) is 1.21. The van der Waals surface area contributed by atoms with Gasteiger partial charge in [0.2, 0.25) is 0 Å². The Kier molecular flexibility index (Phi) is 9.10. The molecule has 6 heteroatoms. The normalized spacial score (nSPS) is 14.6. The quantitative estimate of drug-likeness (QED) is 0.0957. The van der Waals surface area contributed by atoms with Crippen LogP contribution in [0.2, 0.25) is 0 Å². The van der Waals surface area contributed by atoms with E-state index >= 15 is 0 Å².